The molecular weight excluding hydrogens is 468 g/mol. The Morgan fingerprint density at radius 2 is 1.34 bits per heavy atom. The van der Waals surface area contributed by atoms with Gasteiger partial charge in [-0.2, -0.15) is 0 Å². The molecule has 0 saturated heterocycles. The number of furan rings is 2. The number of rotatable bonds is 2. The molecule has 182 valence electrons. The van der Waals surface area contributed by atoms with Crippen molar-refractivity contribution in [2.24, 2.45) is 0 Å². The average Bonchev–Trinajstić information content (AvgIpc) is 3.58. The molecule has 0 atom stereocenters. The van der Waals surface area contributed by atoms with Crippen LogP contribution in [0.4, 0.5) is 0 Å². The minimum atomic E-state index is -0.141. The van der Waals surface area contributed by atoms with E-state index >= 15 is 0 Å². The van der Waals surface area contributed by atoms with E-state index in [1.807, 2.05) is 36.4 Å². The van der Waals surface area contributed by atoms with E-state index in [9.17, 15) is 0 Å². The number of para-hydroxylation sites is 1. The van der Waals surface area contributed by atoms with Crippen LogP contribution in [0, 0.1) is 0 Å². The second-order valence-corrected chi connectivity index (χ2v) is 10.5. The molecule has 0 unspecified atom stereocenters. The van der Waals surface area contributed by atoms with Crippen LogP contribution >= 0.6 is 0 Å². The SMILES string of the molecule is CC1(C)c2ccccc2Oc2cc(-c3ccc(-c4cccc5oc6ccc7ccccc7c6c45)o3)ccc21. The molecule has 1 aliphatic heterocycles. The Morgan fingerprint density at radius 3 is 2.29 bits per heavy atom. The Balaban J connectivity index is 1.26. The largest absolute Gasteiger partial charge is 0.457 e. The molecule has 0 fully saturated rings. The molecule has 0 saturated carbocycles. The summed E-state index contributed by atoms with van der Waals surface area (Å²) in [7, 11) is 0. The van der Waals surface area contributed by atoms with Gasteiger partial charge < -0.3 is 13.6 Å². The topological polar surface area (TPSA) is 35.5 Å². The van der Waals surface area contributed by atoms with Crippen molar-refractivity contribution >= 4 is 32.7 Å². The van der Waals surface area contributed by atoms with E-state index < -0.39 is 0 Å². The van der Waals surface area contributed by atoms with Gasteiger partial charge in [-0.15, -0.1) is 0 Å². The molecule has 38 heavy (non-hydrogen) atoms. The summed E-state index contributed by atoms with van der Waals surface area (Å²) in [6.45, 7) is 4.49. The quantitative estimate of drug-likeness (QED) is 0.241. The molecule has 3 heteroatoms. The van der Waals surface area contributed by atoms with Crippen molar-refractivity contribution < 1.29 is 13.6 Å². The fraction of sp³-hybridized carbons (Fsp3) is 0.0857. The standard InChI is InChI=1S/C35H24O3/c1-35(2)25-11-5-6-12-29(25)37-32-20-22(14-16-26(32)35)27-18-19-28(36-27)24-10-7-13-30-34(24)33-23-9-4-3-8-21(23)15-17-31(33)38-30/h3-20H,1-2H3. The van der Waals surface area contributed by atoms with Crippen molar-refractivity contribution in [2.45, 2.75) is 19.3 Å². The lowest BCUT2D eigenvalue weighted by molar-refractivity contribution is 0.418. The van der Waals surface area contributed by atoms with E-state index in [2.05, 4.69) is 86.6 Å². The fourth-order valence-corrected chi connectivity index (χ4v) is 6.04. The Hall–Kier alpha value is -4.76. The minimum Gasteiger partial charge on any atom is -0.457 e. The summed E-state index contributed by atoms with van der Waals surface area (Å²) in [4.78, 5) is 0. The maximum Gasteiger partial charge on any atom is 0.136 e. The van der Waals surface area contributed by atoms with Crippen LogP contribution in [0.5, 0.6) is 11.5 Å². The Kier molecular flexibility index (Phi) is 4.28. The Labute approximate surface area is 219 Å². The van der Waals surface area contributed by atoms with Crippen molar-refractivity contribution in [1.82, 2.24) is 0 Å². The molecule has 1 aliphatic rings. The lowest BCUT2D eigenvalue weighted by Gasteiger charge is -2.34. The minimum absolute atomic E-state index is 0.141. The second kappa shape index (κ2) is 7.62. The highest BCUT2D eigenvalue weighted by Gasteiger charge is 2.34. The zero-order valence-corrected chi connectivity index (χ0v) is 21.1. The van der Waals surface area contributed by atoms with Crippen LogP contribution in [0.3, 0.4) is 0 Å². The second-order valence-electron chi connectivity index (χ2n) is 10.5. The number of fused-ring (bicyclic) bond motifs is 7. The predicted octanol–water partition coefficient (Wildman–Crippen LogP) is 10.1. The summed E-state index contributed by atoms with van der Waals surface area (Å²) >= 11 is 0. The van der Waals surface area contributed by atoms with Gasteiger partial charge in [-0.3, -0.25) is 0 Å². The average molecular weight is 493 g/mol. The van der Waals surface area contributed by atoms with Gasteiger partial charge in [-0.05, 0) is 47.2 Å². The molecule has 2 aromatic heterocycles. The van der Waals surface area contributed by atoms with Crippen LogP contribution in [0.25, 0.3) is 55.4 Å². The molecular formula is C35H24O3. The molecule has 8 rings (SSSR count). The lowest BCUT2D eigenvalue weighted by atomic mass is 9.75. The van der Waals surface area contributed by atoms with Gasteiger partial charge in [-0.1, -0.05) is 86.6 Å². The van der Waals surface area contributed by atoms with E-state index in [4.69, 9.17) is 13.6 Å². The molecule has 0 radical (unpaired) electrons. The maximum atomic E-state index is 6.51. The third-order valence-electron chi connectivity index (χ3n) is 7.98. The van der Waals surface area contributed by atoms with Crippen molar-refractivity contribution in [3.05, 3.63) is 120 Å². The molecule has 0 amide bonds. The van der Waals surface area contributed by atoms with Gasteiger partial charge >= 0.3 is 0 Å². The first-order chi connectivity index (χ1) is 18.6. The summed E-state index contributed by atoms with van der Waals surface area (Å²) in [5, 5.41) is 4.57. The van der Waals surface area contributed by atoms with Crippen LogP contribution in [-0.2, 0) is 5.41 Å². The molecule has 7 aromatic rings. The molecule has 3 nitrogen and oxygen atoms in total. The Bertz CT molecular complexity index is 2040. The summed E-state index contributed by atoms with van der Waals surface area (Å²) in [5.41, 5.74) is 5.98. The van der Waals surface area contributed by atoms with Gasteiger partial charge in [0.1, 0.15) is 34.2 Å². The highest BCUT2D eigenvalue weighted by atomic mass is 16.5. The summed E-state index contributed by atoms with van der Waals surface area (Å²) in [6.07, 6.45) is 0. The highest BCUT2D eigenvalue weighted by Crippen LogP contribution is 2.49. The molecule has 3 heterocycles. The van der Waals surface area contributed by atoms with Gasteiger partial charge in [0.2, 0.25) is 0 Å². The van der Waals surface area contributed by atoms with E-state index in [1.165, 1.54) is 21.9 Å². The first-order valence-electron chi connectivity index (χ1n) is 12.9. The summed E-state index contributed by atoms with van der Waals surface area (Å²) < 4.78 is 19.1. The van der Waals surface area contributed by atoms with Crippen molar-refractivity contribution in [2.75, 3.05) is 0 Å². The molecule has 0 spiro atoms. The lowest BCUT2D eigenvalue weighted by Crippen LogP contribution is -2.24. The first-order valence-corrected chi connectivity index (χ1v) is 12.9. The summed E-state index contributed by atoms with van der Waals surface area (Å²) in [6, 6.07) is 37.5. The summed E-state index contributed by atoms with van der Waals surface area (Å²) in [5.74, 6) is 3.40. The van der Waals surface area contributed by atoms with Crippen molar-refractivity contribution in [3.63, 3.8) is 0 Å². The molecule has 5 aromatic carbocycles. The van der Waals surface area contributed by atoms with Gasteiger partial charge in [0, 0.05) is 38.4 Å². The van der Waals surface area contributed by atoms with Crippen LogP contribution in [0.15, 0.2) is 118 Å². The molecule has 0 bridgehead atoms. The smallest absolute Gasteiger partial charge is 0.136 e. The van der Waals surface area contributed by atoms with Crippen LogP contribution in [-0.4, -0.2) is 0 Å². The number of hydrogen-bond acceptors (Lipinski definition) is 3. The van der Waals surface area contributed by atoms with Gasteiger partial charge in [0.25, 0.3) is 0 Å². The van der Waals surface area contributed by atoms with Gasteiger partial charge in [0.05, 0.1) is 0 Å². The maximum absolute atomic E-state index is 6.51. The zero-order valence-electron chi connectivity index (χ0n) is 21.1. The predicted molar refractivity (Wildman–Crippen MR) is 153 cm³/mol. The van der Waals surface area contributed by atoms with Gasteiger partial charge in [-0.25, -0.2) is 0 Å². The van der Waals surface area contributed by atoms with Crippen molar-refractivity contribution in [3.8, 4) is 34.1 Å². The Morgan fingerprint density at radius 1 is 0.553 bits per heavy atom. The third kappa shape index (κ3) is 2.96. The van der Waals surface area contributed by atoms with E-state index in [0.717, 1.165) is 56.1 Å². The van der Waals surface area contributed by atoms with Crippen LogP contribution in [0.2, 0.25) is 0 Å². The molecule has 0 aliphatic carbocycles. The monoisotopic (exact) mass is 492 g/mol. The highest BCUT2D eigenvalue weighted by molar-refractivity contribution is 6.22. The van der Waals surface area contributed by atoms with E-state index in [-0.39, 0.29) is 5.41 Å². The number of benzene rings is 5. The van der Waals surface area contributed by atoms with Gasteiger partial charge in [0.15, 0.2) is 0 Å². The fourth-order valence-electron chi connectivity index (χ4n) is 6.04. The normalized spacial score (nSPS) is 13.9. The van der Waals surface area contributed by atoms with E-state index in [1.54, 1.807) is 0 Å². The van der Waals surface area contributed by atoms with E-state index in [0.29, 0.717) is 0 Å². The van der Waals surface area contributed by atoms with Crippen molar-refractivity contribution in [1.29, 1.82) is 0 Å². The number of ether oxygens (including phenoxy) is 1. The number of hydrogen-bond donors (Lipinski definition) is 0. The van der Waals surface area contributed by atoms with Crippen LogP contribution in [0.1, 0.15) is 25.0 Å². The first kappa shape index (κ1) is 21.3. The third-order valence-corrected chi connectivity index (χ3v) is 7.98. The molecule has 0 N–H and O–H groups in total. The van der Waals surface area contributed by atoms with Crippen LogP contribution < -0.4 is 4.74 Å². The zero-order chi connectivity index (χ0) is 25.4.